The fraction of sp³-hybridized carbons (Fsp3) is 0. The van der Waals surface area contributed by atoms with Gasteiger partial charge in [-0.05, 0) is 48.5 Å². The molecule has 6 heteroatoms. The summed E-state index contributed by atoms with van der Waals surface area (Å²) in [5, 5.41) is 0. The van der Waals surface area contributed by atoms with Crippen molar-refractivity contribution in [3.63, 3.8) is 0 Å². The number of aldehydes is 1. The monoisotopic (exact) mass is 339 g/mol. The summed E-state index contributed by atoms with van der Waals surface area (Å²) < 4.78 is 27.4. The van der Waals surface area contributed by atoms with Crippen LogP contribution >= 0.6 is 15.9 Å². The summed E-state index contributed by atoms with van der Waals surface area (Å²) in [5.41, 5.74) is 0.903. The van der Waals surface area contributed by atoms with E-state index in [4.69, 9.17) is 0 Å². The quantitative estimate of drug-likeness (QED) is 0.870. The van der Waals surface area contributed by atoms with Gasteiger partial charge in [-0.25, -0.2) is 8.42 Å². The Hall–Kier alpha value is -1.66. The van der Waals surface area contributed by atoms with Gasteiger partial charge >= 0.3 is 0 Å². The van der Waals surface area contributed by atoms with E-state index >= 15 is 0 Å². The fourth-order valence-electron chi connectivity index (χ4n) is 1.46. The van der Waals surface area contributed by atoms with Crippen molar-refractivity contribution < 1.29 is 13.2 Å². The molecule has 2 aromatic rings. The molecule has 0 saturated carbocycles. The molecule has 0 bridgehead atoms. The van der Waals surface area contributed by atoms with E-state index in [1.165, 1.54) is 12.1 Å². The third-order valence-corrected chi connectivity index (χ3v) is 4.35. The predicted octanol–water partition coefficient (Wildman–Crippen LogP) is 3.06. The third-order valence-electron chi connectivity index (χ3n) is 2.42. The summed E-state index contributed by atoms with van der Waals surface area (Å²) in [4.78, 5) is 10.7. The second kappa shape index (κ2) is 5.54. The minimum absolute atomic E-state index is 0.176. The largest absolute Gasteiger partial charge is 0.298 e. The molecule has 4 nitrogen and oxygen atoms in total. The minimum Gasteiger partial charge on any atom is -0.298 e. The van der Waals surface area contributed by atoms with Crippen molar-refractivity contribution in [3.8, 4) is 0 Å². The van der Waals surface area contributed by atoms with Crippen LogP contribution in [0.15, 0.2) is 57.9 Å². The van der Waals surface area contributed by atoms with Gasteiger partial charge in [0, 0.05) is 15.7 Å². The van der Waals surface area contributed by atoms with Gasteiger partial charge < -0.3 is 0 Å². The molecule has 2 rings (SSSR count). The van der Waals surface area contributed by atoms with Crippen molar-refractivity contribution >= 4 is 37.9 Å². The first-order chi connectivity index (χ1) is 9.01. The molecule has 0 aliphatic rings. The average molecular weight is 340 g/mol. The van der Waals surface area contributed by atoms with Crippen LogP contribution in [0.1, 0.15) is 10.4 Å². The number of nitrogens with one attached hydrogen (secondary N) is 1. The lowest BCUT2D eigenvalue weighted by Gasteiger charge is -2.08. The van der Waals surface area contributed by atoms with Crippen LogP contribution in [0, 0.1) is 0 Å². The van der Waals surface area contributed by atoms with Crippen LogP contribution in [0.2, 0.25) is 0 Å². The van der Waals surface area contributed by atoms with E-state index in [0.717, 1.165) is 4.47 Å². The number of hydrogen-bond acceptors (Lipinski definition) is 3. The van der Waals surface area contributed by atoms with Gasteiger partial charge in [0.05, 0.1) is 4.90 Å². The molecule has 0 heterocycles. The Balaban J connectivity index is 2.25. The van der Waals surface area contributed by atoms with Gasteiger partial charge in [-0.2, -0.15) is 0 Å². The van der Waals surface area contributed by atoms with Gasteiger partial charge in [0.25, 0.3) is 10.0 Å². The second-order valence-electron chi connectivity index (χ2n) is 3.80. The van der Waals surface area contributed by atoms with Crippen LogP contribution in [0.3, 0.4) is 0 Å². The zero-order chi connectivity index (χ0) is 13.9. The van der Waals surface area contributed by atoms with Crippen LogP contribution in [-0.2, 0) is 10.0 Å². The molecule has 0 atom stereocenters. The van der Waals surface area contributed by atoms with Crippen molar-refractivity contribution in [2.24, 2.45) is 0 Å². The van der Waals surface area contributed by atoms with E-state index in [1.807, 2.05) is 0 Å². The fourth-order valence-corrected chi connectivity index (χ4v) is 2.78. The lowest BCUT2D eigenvalue weighted by molar-refractivity contribution is 0.112. The van der Waals surface area contributed by atoms with E-state index < -0.39 is 10.0 Å². The molecule has 0 saturated heterocycles. The number of halogens is 1. The van der Waals surface area contributed by atoms with Crippen LogP contribution in [0.25, 0.3) is 0 Å². The van der Waals surface area contributed by atoms with E-state index in [0.29, 0.717) is 17.5 Å². The van der Waals surface area contributed by atoms with Crippen LogP contribution in [0.4, 0.5) is 5.69 Å². The zero-order valence-electron chi connectivity index (χ0n) is 9.71. The second-order valence-corrected chi connectivity index (χ2v) is 6.40. The molecule has 98 valence electrons. The summed E-state index contributed by atoms with van der Waals surface area (Å²) in [5.74, 6) is 0. The van der Waals surface area contributed by atoms with E-state index in [9.17, 15) is 13.2 Å². The lowest BCUT2D eigenvalue weighted by Crippen LogP contribution is -2.12. The van der Waals surface area contributed by atoms with E-state index in [1.54, 1.807) is 36.4 Å². The van der Waals surface area contributed by atoms with Gasteiger partial charge in [0.2, 0.25) is 0 Å². The highest BCUT2D eigenvalue weighted by atomic mass is 79.9. The molecule has 0 radical (unpaired) electrons. The highest BCUT2D eigenvalue weighted by Crippen LogP contribution is 2.18. The summed E-state index contributed by atoms with van der Waals surface area (Å²) >= 11 is 3.25. The third kappa shape index (κ3) is 3.42. The molecule has 0 aliphatic heterocycles. The molecule has 0 aromatic heterocycles. The van der Waals surface area contributed by atoms with Crippen molar-refractivity contribution in [1.29, 1.82) is 0 Å². The Morgan fingerprint density at radius 3 is 2.05 bits per heavy atom. The number of anilines is 1. The highest BCUT2D eigenvalue weighted by Gasteiger charge is 2.13. The first kappa shape index (κ1) is 13.8. The maximum Gasteiger partial charge on any atom is 0.261 e. The molecular weight excluding hydrogens is 330 g/mol. The Kier molecular flexibility index (Phi) is 4.01. The summed E-state index contributed by atoms with van der Waals surface area (Å²) in [6.45, 7) is 0. The molecule has 0 unspecified atom stereocenters. The number of rotatable bonds is 4. The molecule has 0 amide bonds. The topological polar surface area (TPSA) is 63.2 Å². The van der Waals surface area contributed by atoms with Crippen molar-refractivity contribution in [2.75, 3.05) is 4.72 Å². The van der Waals surface area contributed by atoms with Crippen molar-refractivity contribution in [3.05, 3.63) is 58.6 Å². The Bertz CT molecular complexity index is 679. The van der Waals surface area contributed by atoms with Gasteiger partial charge in [-0.1, -0.05) is 15.9 Å². The molecular formula is C13H10BrNO3S. The van der Waals surface area contributed by atoms with Crippen molar-refractivity contribution in [1.82, 2.24) is 0 Å². The number of benzene rings is 2. The number of sulfonamides is 1. The van der Waals surface area contributed by atoms with Crippen molar-refractivity contribution in [2.45, 2.75) is 4.90 Å². The Labute approximate surface area is 119 Å². The predicted molar refractivity (Wildman–Crippen MR) is 76.8 cm³/mol. The van der Waals surface area contributed by atoms with E-state index in [-0.39, 0.29) is 4.90 Å². The van der Waals surface area contributed by atoms with Crippen LogP contribution in [0.5, 0.6) is 0 Å². The van der Waals surface area contributed by atoms with Crippen LogP contribution in [-0.4, -0.2) is 14.7 Å². The Morgan fingerprint density at radius 2 is 1.53 bits per heavy atom. The SMILES string of the molecule is O=Cc1ccc(NS(=O)(=O)c2ccc(Br)cc2)cc1. The standard InChI is InChI=1S/C13H10BrNO3S/c14-11-3-7-13(8-4-11)19(17,18)15-12-5-1-10(9-16)2-6-12/h1-9,15H. The number of hydrogen-bond donors (Lipinski definition) is 1. The minimum atomic E-state index is -3.61. The highest BCUT2D eigenvalue weighted by molar-refractivity contribution is 9.10. The molecule has 19 heavy (non-hydrogen) atoms. The lowest BCUT2D eigenvalue weighted by atomic mass is 10.2. The van der Waals surface area contributed by atoms with Gasteiger partial charge in [-0.3, -0.25) is 9.52 Å². The molecule has 0 aliphatic carbocycles. The summed E-state index contributed by atoms with van der Waals surface area (Å²) in [7, 11) is -3.61. The molecule has 0 fully saturated rings. The van der Waals surface area contributed by atoms with Crippen LogP contribution < -0.4 is 4.72 Å². The Morgan fingerprint density at radius 1 is 0.947 bits per heavy atom. The summed E-state index contributed by atoms with van der Waals surface area (Å²) in [6.07, 6.45) is 0.701. The van der Waals surface area contributed by atoms with Gasteiger partial charge in [-0.15, -0.1) is 0 Å². The smallest absolute Gasteiger partial charge is 0.261 e. The average Bonchev–Trinajstić information content (AvgIpc) is 2.40. The van der Waals surface area contributed by atoms with Gasteiger partial charge in [0.1, 0.15) is 6.29 Å². The van der Waals surface area contributed by atoms with E-state index in [2.05, 4.69) is 20.7 Å². The number of carbonyl (C=O) groups excluding carboxylic acids is 1. The maximum atomic E-state index is 12.1. The number of carbonyl (C=O) groups is 1. The van der Waals surface area contributed by atoms with Gasteiger partial charge in [0.15, 0.2) is 0 Å². The normalized spacial score (nSPS) is 11.0. The maximum absolute atomic E-state index is 12.1. The molecule has 0 spiro atoms. The molecule has 2 aromatic carbocycles. The first-order valence-corrected chi connectivity index (χ1v) is 7.62. The summed E-state index contributed by atoms with van der Waals surface area (Å²) in [6, 6.07) is 12.5. The molecule has 1 N–H and O–H groups in total. The first-order valence-electron chi connectivity index (χ1n) is 5.35. The zero-order valence-corrected chi connectivity index (χ0v) is 12.1.